The number of benzene rings is 1. The predicted octanol–water partition coefficient (Wildman–Crippen LogP) is 1.69. The summed E-state index contributed by atoms with van der Waals surface area (Å²) in [5.41, 5.74) is 4.28. The average molecular weight is 327 g/mol. The molecule has 1 fully saturated rings. The maximum Gasteiger partial charge on any atom is 0.253 e. The van der Waals surface area contributed by atoms with Gasteiger partial charge in [-0.3, -0.25) is 9.59 Å². The molecule has 1 aromatic rings. The van der Waals surface area contributed by atoms with Crippen molar-refractivity contribution in [3.8, 4) is 0 Å². The van der Waals surface area contributed by atoms with Crippen LogP contribution in [-0.2, 0) is 17.6 Å². The Hall–Kier alpha value is -1.88. The number of likely N-dealkylation sites (N-methyl/N-ethyl adjacent to an activating group) is 1. The van der Waals surface area contributed by atoms with E-state index in [4.69, 9.17) is 0 Å². The van der Waals surface area contributed by atoms with E-state index in [0.29, 0.717) is 6.42 Å². The molecule has 24 heavy (non-hydrogen) atoms. The molecule has 3 aliphatic rings. The molecule has 1 saturated heterocycles. The third kappa shape index (κ3) is 2.61. The lowest BCUT2D eigenvalue weighted by atomic mass is 9.89. The number of anilines is 1. The summed E-state index contributed by atoms with van der Waals surface area (Å²) < 4.78 is 0. The number of carbonyl (C=O) groups is 2. The summed E-state index contributed by atoms with van der Waals surface area (Å²) in [4.78, 5) is 31.4. The van der Waals surface area contributed by atoms with Crippen molar-refractivity contribution in [2.75, 3.05) is 44.2 Å². The van der Waals surface area contributed by atoms with Gasteiger partial charge in [-0.1, -0.05) is 6.92 Å². The topological polar surface area (TPSA) is 43.9 Å². The minimum Gasteiger partial charge on any atom is -0.336 e. The van der Waals surface area contributed by atoms with Crippen molar-refractivity contribution < 1.29 is 9.59 Å². The second-order valence-corrected chi connectivity index (χ2v) is 7.02. The summed E-state index contributed by atoms with van der Waals surface area (Å²) in [5, 5.41) is 0. The molecule has 3 aliphatic heterocycles. The van der Waals surface area contributed by atoms with Crippen molar-refractivity contribution in [1.29, 1.82) is 0 Å². The first-order chi connectivity index (χ1) is 11.7. The molecule has 0 N–H and O–H groups in total. The quantitative estimate of drug-likeness (QED) is 0.830. The molecule has 5 nitrogen and oxygen atoms in total. The summed E-state index contributed by atoms with van der Waals surface area (Å²) in [7, 11) is 0. The Morgan fingerprint density at radius 1 is 1.00 bits per heavy atom. The number of hydrogen-bond donors (Lipinski definition) is 0. The maximum absolute atomic E-state index is 12.9. The van der Waals surface area contributed by atoms with E-state index in [1.807, 2.05) is 21.9 Å². The van der Waals surface area contributed by atoms with E-state index in [1.54, 1.807) is 0 Å². The normalized spacial score (nSPS) is 21.0. The van der Waals surface area contributed by atoms with Crippen LogP contribution in [0.3, 0.4) is 0 Å². The molecular weight excluding hydrogens is 302 g/mol. The van der Waals surface area contributed by atoms with Gasteiger partial charge >= 0.3 is 0 Å². The zero-order chi connectivity index (χ0) is 16.7. The molecule has 0 atom stereocenters. The molecule has 0 bridgehead atoms. The van der Waals surface area contributed by atoms with Crippen LogP contribution in [0, 0.1) is 0 Å². The van der Waals surface area contributed by atoms with Crippen molar-refractivity contribution in [2.24, 2.45) is 0 Å². The van der Waals surface area contributed by atoms with Crippen molar-refractivity contribution in [3.63, 3.8) is 0 Å². The Morgan fingerprint density at radius 2 is 1.71 bits per heavy atom. The molecule has 0 radical (unpaired) electrons. The van der Waals surface area contributed by atoms with Gasteiger partial charge < -0.3 is 14.7 Å². The molecule has 0 spiro atoms. The predicted molar refractivity (Wildman–Crippen MR) is 93.5 cm³/mol. The molecule has 2 amide bonds. The van der Waals surface area contributed by atoms with Gasteiger partial charge in [0.1, 0.15) is 0 Å². The second kappa shape index (κ2) is 6.20. The number of carbonyl (C=O) groups excluding carboxylic acids is 2. The molecule has 0 aliphatic carbocycles. The summed E-state index contributed by atoms with van der Waals surface area (Å²) in [6.45, 7) is 7.58. The second-order valence-electron chi connectivity index (χ2n) is 7.02. The van der Waals surface area contributed by atoms with Crippen LogP contribution in [0.4, 0.5) is 5.69 Å². The van der Waals surface area contributed by atoms with Gasteiger partial charge in [0.05, 0.1) is 5.69 Å². The average Bonchev–Trinajstić information content (AvgIpc) is 2.64. The number of amides is 2. The van der Waals surface area contributed by atoms with Gasteiger partial charge in [0.15, 0.2) is 0 Å². The van der Waals surface area contributed by atoms with Crippen LogP contribution in [0.15, 0.2) is 12.1 Å². The summed E-state index contributed by atoms with van der Waals surface area (Å²) in [5.74, 6) is 0.386. The first kappa shape index (κ1) is 15.6. The van der Waals surface area contributed by atoms with E-state index >= 15 is 0 Å². The highest BCUT2D eigenvalue weighted by molar-refractivity contribution is 6.00. The lowest BCUT2D eigenvalue weighted by Gasteiger charge is -2.37. The summed E-state index contributed by atoms with van der Waals surface area (Å²) in [6, 6.07) is 4.08. The Morgan fingerprint density at radius 3 is 2.42 bits per heavy atom. The van der Waals surface area contributed by atoms with E-state index in [0.717, 1.165) is 69.8 Å². The summed E-state index contributed by atoms with van der Waals surface area (Å²) >= 11 is 0. The van der Waals surface area contributed by atoms with E-state index in [9.17, 15) is 9.59 Å². The zero-order valence-corrected chi connectivity index (χ0v) is 14.4. The lowest BCUT2D eigenvalue weighted by Crippen LogP contribution is -2.48. The monoisotopic (exact) mass is 327 g/mol. The van der Waals surface area contributed by atoms with Crippen molar-refractivity contribution in [3.05, 3.63) is 28.8 Å². The smallest absolute Gasteiger partial charge is 0.253 e. The Labute approximate surface area is 143 Å². The molecule has 5 heteroatoms. The minimum atomic E-state index is 0.152. The van der Waals surface area contributed by atoms with Gasteiger partial charge in [-0.2, -0.15) is 0 Å². The van der Waals surface area contributed by atoms with Crippen LogP contribution < -0.4 is 4.90 Å². The highest BCUT2D eigenvalue weighted by atomic mass is 16.2. The molecular formula is C19H25N3O2. The van der Waals surface area contributed by atoms with Crippen molar-refractivity contribution in [1.82, 2.24) is 9.80 Å². The number of rotatable bonds is 2. The third-order valence-electron chi connectivity index (χ3n) is 5.63. The zero-order valence-electron chi connectivity index (χ0n) is 14.4. The number of nitrogens with zero attached hydrogens (tertiary/aromatic N) is 3. The lowest BCUT2D eigenvalue weighted by molar-refractivity contribution is -0.119. The van der Waals surface area contributed by atoms with Crippen LogP contribution in [0.5, 0.6) is 0 Å². The van der Waals surface area contributed by atoms with Crippen LogP contribution in [0.2, 0.25) is 0 Å². The van der Waals surface area contributed by atoms with Crippen LogP contribution in [-0.4, -0.2) is 60.9 Å². The van der Waals surface area contributed by atoms with Gasteiger partial charge in [0.25, 0.3) is 5.91 Å². The highest BCUT2D eigenvalue weighted by Crippen LogP contribution is 2.36. The Kier molecular flexibility index (Phi) is 4.04. The fourth-order valence-corrected chi connectivity index (χ4v) is 4.23. The fourth-order valence-electron chi connectivity index (χ4n) is 4.23. The number of piperazine rings is 1. The standard InChI is InChI=1S/C19H25N3O2/c1-2-20-8-10-21(11-9-20)19(24)16-12-14-4-3-7-22-17(23)6-5-15(13-16)18(14)22/h12-13H,2-11H2,1H3. The van der Waals surface area contributed by atoms with E-state index in [2.05, 4.69) is 11.8 Å². The minimum absolute atomic E-state index is 0.152. The van der Waals surface area contributed by atoms with Crippen LogP contribution in [0.1, 0.15) is 41.3 Å². The molecule has 3 heterocycles. The van der Waals surface area contributed by atoms with Crippen LogP contribution >= 0.6 is 0 Å². The number of aryl methyl sites for hydroxylation is 2. The van der Waals surface area contributed by atoms with E-state index in [1.165, 1.54) is 11.1 Å². The summed E-state index contributed by atoms with van der Waals surface area (Å²) in [6.07, 6.45) is 3.30. The number of hydrogen-bond acceptors (Lipinski definition) is 3. The molecule has 1 aromatic carbocycles. The molecule has 0 aromatic heterocycles. The first-order valence-electron chi connectivity index (χ1n) is 9.15. The third-order valence-corrected chi connectivity index (χ3v) is 5.63. The molecule has 0 unspecified atom stereocenters. The Balaban J connectivity index is 1.61. The highest BCUT2D eigenvalue weighted by Gasteiger charge is 2.31. The first-order valence-corrected chi connectivity index (χ1v) is 9.15. The molecule has 0 saturated carbocycles. The van der Waals surface area contributed by atoms with Crippen molar-refractivity contribution >= 4 is 17.5 Å². The fraction of sp³-hybridized carbons (Fsp3) is 0.579. The van der Waals surface area contributed by atoms with Crippen molar-refractivity contribution in [2.45, 2.75) is 32.6 Å². The van der Waals surface area contributed by atoms with Gasteiger partial charge in [0, 0.05) is 44.7 Å². The van der Waals surface area contributed by atoms with E-state index in [-0.39, 0.29) is 11.8 Å². The maximum atomic E-state index is 12.9. The molecule has 128 valence electrons. The largest absolute Gasteiger partial charge is 0.336 e. The van der Waals surface area contributed by atoms with Gasteiger partial charge in [-0.05, 0) is 49.1 Å². The SMILES string of the molecule is CCN1CCN(C(=O)c2cc3c4c(c2)CCC(=O)N4CCC3)CC1. The van der Waals surface area contributed by atoms with Gasteiger partial charge in [0.2, 0.25) is 5.91 Å². The van der Waals surface area contributed by atoms with Gasteiger partial charge in [-0.15, -0.1) is 0 Å². The van der Waals surface area contributed by atoms with E-state index < -0.39 is 0 Å². The van der Waals surface area contributed by atoms with Crippen LogP contribution in [0.25, 0.3) is 0 Å². The Bertz CT molecular complexity index is 660. The van der Waals surface area contributed by atoms with Gasteiger partial charge in [-0.25, -0.2) is 0 Å². The molecule has 4 rings (SSSR count).